The highest BCUT2D eigenvalue weighted by Gasteiger charge is 2.32. The lowest BCUT2D eigenvalue weighted by atomic mass is 9.98. The molecular weight excluding hydrogens is 517 g/mol. The quantitative estimate of drug-likeness (QED) is 0.295. The number of hydrogen-bond donors (Lipinski definition) is 2. The summed E-state index contributed by atoms with van der Waals surface area (Å²) in [6.07, 6.45) is 8.41. The molecule has 3 rings (SSSR count). The highest BCUT2D eigenvalue weighted by Crippen LogP contribution is 2.28. The summed E-state index contributed by atoms with van der Waals surface area (Å²) in [6.45, 7) is 6.29. The molecule has 2 heterocycles. The summed E-state index contributed by atoms with van der Waals surface area (Å²) in [5.41, 5.74) is 0. The van der Waals surface area contributed by atoms with Gasteiger partial charge in [0.2, 0.25) is 15.9 Å². The predicted octanol–water partition coefficient (Wildman–Crippen LogP) is 1.62. The van der Waals surface area contributed by atoms with E-state index in [0.29, 0.717) is 31.5 Å². The molecule has 2 saturated heterocycles. The molecule has 0 radical (unpaired) electrons. The highest BCUT2D eigenvalue weighted by atomic mass is 127. The van der Waals surface area contributed by atoms with E-state index < -0.39 is 10.0 Å². The third-order valence-electron chi connectivity index (χ3n) is 6.44. The van der Waals surface area contributed by atoms with Crippen LogP contribution in [0.1, 0.15) is 51.9 Å². The maximum Gasteiger partial charge on any atom is 0.225 e. The van der Waals surface area contributed by atoms with Crippen LogP contribution in [0, 0.1) is 11.8 Å². The number of halogens is 1. The Bertz CT molecular complexity index is 689. The summed E-state index contributed by atoms with van der Waals surface area (Å²) in [7, 11) is -3.08. The second-order valence-corrected chi connectivity index (χ2v) is 10.7. The van der Waals surface area contributed by atoms with Crippen molar-refractivity contribution < 1.29 is 13.2 Å². The van der Waals surface area contributed by atoms with E-state index in [1.165, 1.54) is 19.1 Å². The molecule has 0 spiro atoms. The van der Waals surface area contributed by atoms with Gasteiger partial charge in [0.25, 0.3) is 0 Å². The molecule has 2 aliphatic heterocycles. The van der Waals surface area contributed by atoms with Crippen molar-refractivity contribution in [1.82, 2.24) is 19.8 Å². The monoisotopic (exact) mass is 555 g/mol. The van der Waals surface area contributed by atoms with Crippen molar-refractivity contribution in [2.45, 2.75) is 57.9 Å². The number of nitrogens with one attached hydrogen (secondary N) is 2. The number of guanidine groups is 1. The first-order valence-electron chi connectivity index (χ1n) is 11.2. The zero-order valence-electron chi connectivity index (χ0n) is 18.3. The van der Waals surface area contributed by atoms with E-state index in [9.17, 15) is 13.2 Å². The second-order valence-electron chi connectivity index (χ2n) is 8.72. The molecule has 0 aromatic rings. The lowest BCUT2D eigenvalue weighted by Crippen LogP contribution is -2.46. The van der Waals surface area contributed by atoms with Gasteiger partial charge in [0.05, 0.1) is 6.26 Å². The molecule has 1 unspecified atom stereocenters. The molecule has 0 bridgehead atoms. The van der Waals surface area contributed by atoms with Gasteiger partial charge in [-0.25, -0.2) is 12.7 Å². The van der Waals surface area contributed by atoms with Gasteiger partial charge in [-0.3, -0.25) is 9.79 Å². The van der Waals surface area contributed by atoms with E-state index in [0.717, 1.165) is 57.7 Å². The van der Waals surface area contributed by atoms with Crippen molar-refractivity contribution in [2.24, 2.45) is 16.8 Å². The van der Waals surface area contributed by atoms with E-state index in [1.807, 2.05) is 11.8 Å². The zero-order chi connectivity index (χ0) is 20.9. The third-order valence-corrected chi connectivity index (χ3v) is 7.74. The Kier molecular flexibility index (Phi) is 10.1. The smallest absolute Gasteiger partial charge is 0.225 e. The van der Waals surface area contributed by atoms with Crippen LogP contribution in [-0.4, -0.2) is 81.1 Å². The van der Waals surface area contributed by atoms with Gasteiger partial charge in [-0.15, -0.1) is 24.0 Å². The fraction of sp³-hybridized carbons (Fsp3) is 0.900. The number of carbonyl (C=O) groups is 1. The van der Waals surface area contributed by atoms with Crippen LogP contribution in [-0.2, 0) is 14.8 Å². The number of nitrogens with zero attached hydrogens (tertiary/aromatic N) is 3. The molecule has 0 aromatic carbocycles. The molecule has 3 aliphatic rings. The van der Waals surface area contributed by atoms with Crippen LogP contribution < -0.4 is 10.6 Å². The topological polar surface area (TPSA) is 94.1 Å². The summed E-state index contributed by atoms with van der Waals surface area (Å²) in [6, 6.07) is 0.241. The van der Waals surface area contributed by atoms with Crippen LogP contribution in [0.5, 0.6) is 0 Å². The molecule has 174 valence electrons. The molecule has 3 fully saturated rings. The molecule has 2 N–H and O–H groups in total. The SMILES string of the molecule is CCNC(=NCC1CCN(S(C)(=O)=O)CC1)NC1CCN(C(=O)C2CCCC2)C1.I. The summed E-state index contributed by atoms with van der Waals surface area (Å²) in [5.74, 6) is 1.80. The first-order chi connectivity index (χ1) is 13.9. The van der Waals surface area contributed by atoms with E-state index in [2.05, 4.69) is 10.6 Å². The molecule has 1 amide bonds. The average Bonchev–Trinajstić information content (AvgIpc) is 3.38. The van der Waals surface area contributed by atoms with Crippen LogP contribution in [0.15, 0.2) is 4.99 Å². The Balaban J connectivity index is 0.00000320. The van der Waals surface area contributed by atoms with Crippen LogP contribution in [0.2, 0.25) is 0 Å². The van der Waals surface area contributed by atoms with Gasteiger partial charge in [0, 0.05) is 51.2 Å². The minimum atomic E-state index is -3.08. The maximum absolute atomic E-state index is 12.6. The van der Waals surface area contributed by atoms with Crippen molar-refractivity contribution in [3.05, 3.63) is 0 Å². The van der Waals surface area contributed by atoms with E-state index in [4.69, 9.17) is 4.99 Å². The Labute approximate surface area is 198 Å². The van der Waals surface area contributed by atoms with E-state index >= 15 is 0 Å². The van der Waals surface area contributed by atoms with Gasteiger partial charge in [-0.2, -0.15) is 0 Å². The first kappa shape index (κ1) is 25.6. The van der Waals surface area contributed by atoms with Crippen molar-refractivity contribution >= 4 is 45.9 Å². The molecule has 8 nitrogen and oxygen atoms in total. The average molecular weight is 556 g/mol. The summed E-state index contributed by atoms with van der Waals surface area (Å²) in [5, 5.41) is 6.81. The summed E-state index contributed by atoms with van der Waals surface area (Å²) >= 11 is 0. The largest absolute Gasteiger partial charge is 0.357 e. The van der Waals surface area contributed by atoms with E-state index in [-0.39, 0.29) is 35.9 Å². The standard InChI is InChI=1S/C20H37N5O3S.HI/c1-3-21-20(22-14-16-8-12-25(13-9-16)29(2,27)28)23-18-10-11-24(15-18)19(26)17-6-4-5-7-17;/h16-18H,3-15H2,1-2H3,(H2,21,22,23);1H. The fourth-order valence-corrected chi connectivity index (χ4v) is 5.54. The Morgan fingerprint density at radius 1 is 1.07 bits per heavy atom. The number of piperidine rings is 1. The normalized spacial score (nSPS) is 24.7. The summed E-state index contributed by atoms with van der Waals surface area (Å²) in [4.78, 5) is 19.4. The Morgan fingerprint density at radius 3 is 2.33 bits per heavy atom. The van der Waals surface area contributed by atoms with Crippen molar-refractivity contribution in [1.29, 1.82) is 0 Å². The van der Waals surface area contributed by atoms with Crippen LogP contribution in [0.25, 0.3) is 0 Å². The minimum Gasteiger partial charge on any atom is -0.357 e. The van der Waals surface area contributed by atoms with Gasteiger partial charge in [-0.1, -0.05) is 12.8 Å². The minimum absolute atomic E-state index is 0. The number of carbonyl (C=O) groups excluding carboxylic acids is 1. The number of rotatable bonds is 6. The molecule has 10 heteroatoms. The molecule has 30 heavy (non-hydrogen) atoms. The summed E-state index contributed by atoms with van der Waals surface area (Å²) < 4.78 is 24.9. The van der Waals surface area contributed by atoms with Gasteiger partial charge >= 0.3 is 0 Å². The lowest BCUT2D eigenvalue weighted by molar-refractivity contribution is -0.134. The van der Waals surface area contributed by atoms with Gasteiger partial charge in [-0.05, 0) is 44.9 Å². The second kappa shape index (κ2) is 11.8. The highest BCUT2D eigenvalue weighted by molar-refractivity contribution is 14.0. The van der Waals surface area contributed by atoms with Crippen LogP contribution in [0.4, 0.5) is 0 Å². The Hall–Kier alpha value is -0.620. The molecular formula is C20H38IN5O3S. The molecule has 1 aliphatic carbocycles. The van der Waals surface area contributed by atoms with Crippen molar-refractivity contribution in [3.8, 4) is 0 Å². The number of aliphatic imine (C=N–C) groups is 1. The number of sulfonamides is 1. The lowest BCUT2D eigenvalue weighted by Gasteiger charge is -2.29. The van der Waals surface area contributed by atoms with Gasteiger partial charge in [0.1, 0.15) is 0 Å². The fourth-order valence-electron chi connectivity index (χ4n) is 4.67. The third kappa shape index (κ3) is 7.22. The van der Waals surface area contributed by atoms with Crippen LogP contribution in [0.3, 0.4) is 0 Å². The number of hydrogen-bond acceptors (Lipinski definition) is 4. The van der Waals surface area contributed by atoms with Crippen molar-refractivity contribution in [3.63, 3.8) is 0 Å². The molecule has 1 atom stereocenters. The molecule has 0 aromatic heterocycles. The number of likely N-dealkylation sites (tertiary alicyclic amines) is 1. The first-order valence-corrected chi connectivity index (χ1v) is 13.0. The van der Waals surface area contributed by atoms with Crippen molar-refractivity contribution in [2.75, 3.05) is 45.5 Å². The van der Waals surface area contributed by atoms with Gasteiger partial charge < -0.3 is 15.5 Å². The Morgan fingerprint density at radius 2 is 1.73 bits per heavy atom. The maximum atomic E-state index is 12.6. The zero-order valence-corrected chi connectivity index (χ0v) is 21.5. The van der Waals surface area contributed by atoms with Crippen LogP contribution >= 0.6 is 24.0 Å². The van der Waals surface area contributed by atoms with Gasteiger partial charge in [0.15, 0.2) is 5.96 Å². The molecule has 1 saturated carbocycles. The van der Waals surface area contributed by atoms with E-state index in [1.54, 1.807) is 4.31 Å². The predicted molar refractivity (Wildman–Crippen MR) is 131 cm³/mol. The number of amides is 1.